The van der Waals surface area contributed by atoms with Crippen LogP contribution in [0.4, 0.5) is 0 Å². The highest BCUT2D eigenvalue weighted by Crippen LogP contribution is 2.31. The first kappa shape index (κ1) is 11.7. The van der Waals surface area contributed by atoms with Gasteiger partial charge in [0, 0.05) is 16.5 Å². The third-order valence-electron chi connectivity index (χ3n) is 2.32. The van der Waals surface area contributed by atoms with Crippen molar-refractivity contribution in [3.8, 4) is 10.0 Å². The van der Waals surface area contributed by atoms with Crippen LogP contribution in [0.1, 0.15) is 31.3 Å². The Morgan fingerprint density at radius 3 is 2.69 bits per heavy atom. The Morgan fingerprint density at radius 2 is 2.12 bits per heavy atom. The average Bonchev–Trinajstić information content (AvgIpc) is 2.83. The van der Waals surface area contributed by atoms with E-state index in [0.29, 0.717) is 5.92 Å². The van der Waals surface area contributed by atoms with Gasteiger partial charge in [-0.2, -0.15) is 0 Å². The first-order valence-corrected chi connectivity index (χ1v) is 7.28. The minimum Gasteiger partial charge on any atom is -0.242 e. The molecule has 16 heavy (non-hydrogen) atoms. The van der Waals surface area contributed by atoms with Crippen LogP contribution in [0, 0.1) is 5.92 Å². The van der Waals surface area contributed by atoms with Crippen LogP contribution in [0.25, 0.3) is 10.0 Å². The third-order valence-corrected chi connectivity index (χ3v) is 4.36. The fourth-order valence-corrected chi connectivity index (χ4v) is 3.65. The second kappa shape index (κ2) is 5.06. The number of aromatic nitrogens is 2. The fourth-order valence-electron chi connectivity index (χ4n) is 1.61. The summed E-state index contributed by atoms with van der Waals surface area (Å²) >= 11 is 3.47. The molecule has 2 aromatic rings. The molecule has 0 saturated carbocycles. The molecule has 0 aromatic carbocycles. The van der Waals surface area contributed by atoms with E-state index in [1.807, 2.05) is 11.6 Å². The van der Waals surface area contributed by atoms with Crippen molar-refractivity contribution in [2.45, 2.75) is 33.6 Å². The molecule has 0 N–H and O–H groups in total. The molecule has 2 heterocycles. The molecule has 2 aromatic heterocycles. The van der Waals surface area contributed by atoms with Gasteiger partial charge in [0.1, 0.15) is 0 Å². The summed E-state index contributed by atoms with van der Waals surface area (Å²) in [6, 6.07) is 0. The van der Waals surface area contributed by atoms with Gasteiger partial charge in [-0.25, -0.2) is 9.97 Å². The van der Waals surface area contributed by atoms with Crippen LogP contribution in [0.15, 0.2) is 11.6 Å². The fraction of sp³-hybridized carbons (Fsp3) is 0.500. The Hall–Kier alpha value is -0.740. The normalized spacial score (nSPS) is 11.2. The Bertz CT molecular complexity index is 444. The molecular weight excluding hydrogens is 236 g/mol. The molecule has 0 atom stereocenters. The van der Waals surface area contributed by atoms with Gasteiger partial charge < -0.3 is 0 Å². The average molecular weight is 252 g/mol. The van der Waals surface area contributed by atoms with Gasteiger partial charge in [-0.05, 0) is 18.8 Å². The Balaban J connectivity index is 2.32. The lowest BCUT2D eigenvalue weighted by Gasteiger charge is -2.02. The number of thiazole rings is 2. The number of rotatable bonds is 4. The van der Waals surface area contributed by atoms with Crippen LogP contribution in [0.5, 0.6) is 0 Å². The molecule has 0 aliphatic carbocycles. The van der Waals surface area contributed by atoms with E-state index < -0.39 is 0 Å². The molecule has 0 bridgehead atoms. The van der Waals surface area contributed by atoms with Crippen molar-refractivity contribution in [1.82, 2.24) is 9.97 Å². The maximum absolute atomic E-state index is 4.69. The van der Waals surface area contributed by atoms with Crippen LogP contribution in [0.3, 0.4) is 0 Å². The zero-order chi connectivity index (χ0) is 11.5. The molecular formula is C12H16N2S2. The van der Waals surface area contributed by atoms with Crippen molar-refractivity contribution in [3.63, 3.8) is 0 Å². The molecule has 0 saturated heterocycles. The van der Waals surface area contributed by atoms with E-state index in [1.54, 1.807) is 22.7 Å². The van der Waals surface area contributed by atoms with Gasteiger partial charge in [-0.1, -0.05) is 20.8 Å². The summed E-state index contributed by atoms with van der Waals surface area (Å²) in [6.45, 7) is 6.68. The predicted molar refractivity (Wildman–Crippen MR) is 71.1 cm³/mol. The van der Waals surface area contributed by atoms with Crippen molar-refractivity contribution in [2.24, 2.45) is 5.92 Å². The van der Waals surface area contributed by atoms with E-state index in [-0.39, 0.29) is 0 Å². The summed E-state index contributed by atoms with van der Waals surface area (Å²) in [5.41, 5.74) is 1.25. The standard InChI is InChI=1S/C12H16N2S2/c1-4-9-10(7-8(2)3)16-12(14-9)11-13-5-6-15-11/h5-6,8H,4,7H2,1-3H3. The quantitative estimate of drug-likeness (QED) is 0.821. The van der Waals surface area contributed by atoms with Crippen molar-refractivity contribution < 1.29 is 0 Å². The van der Waals surface area contributed by atoms with E-state index >= 15 is 0 Å². The van der Waals surface area contributed by atoms with Crippen LogP contribution >= 0.6 is 22.7 Å². The van der Waals surface area contributed by atoms with Crippen molar-refractivity contribution >= 4 is 22.7 Å². The van der Waals surface area contributed by atoms with Gasteiger partial charge in [-0.3, -0.25) is 0 Å². The first-order chi connectivity index (χ1) is 7.70. The molecule has 4 heteroatoms. The Kier molecular flexibility index (Phi) is 3.71. The van der Waals surface area contributed by atoms with Gasteiger partial charge in [0.25, 0.3) is 0 Å². The summed E-state index contributed by atoms with van der Waals surface area (Å²) in [7, 11) is 0. The zero-order valence-electron chi connectivity index (χ0n) is 9.86. The zero-order valence-corrected chi connectivity index (χ0v) is 11.5. The second-order valence-electron chi connectivity index (χ2n) is 4.18. The summed E-state index contributed by atoms with van der Waals surface area (Å²) in [5, 5.41) is 4.14. The number of hydrogen-bond donors (Lipinski definition) is 0. The molecule has 0 unspecified atom stereocenters. The minimum absolute atomic E-state index is 0.690. The molecule has 2 rings (SSSR count). The predicted octanol–water partition coefficient (Wildman–Crippen LogP) is 4.03. The molecule has 0 radical (unpaired) electrons. The summed E-state index contributed by atoms with van der Waals surface area (Å²) in [6.07, 6.45) is 3.99. The van der Waals surface area contributed by atoms with E-state index in [4.69, 9.17) is 4.98 Å². The summed E-state index contributed by atoms with van der Waals surface area (Å²) in [5.74, 6) is 0.690. The maximum Gasteiger partial charge on any atom is 0.152 e. The second-order valence-corrected chi connectivity index (χ2v) is 6.16. The third kappa shape index (κ3) is 2.50. The molecule has 0 amide bonds. The van der Waals surface area contributed by atoms with Crippen LogP contribution in [0.2, 0.25) is 0 Å². The van der Waals surface area contributed by atoms with Crippen LogP contribution in [-0.4, -0.2) is 9.97 Å². The van der Waals surface area contributed by atoms with Gasteiger partial charge in [-0.15, -0.1) is 22.7 Å². The van der Waals surface area contributed by atoms with Gasteiger partial charge in [0.05, 0.1) is 5.69 Å². The Morgan fingerprint density at radius 1 is 1.31 bits per heavy atom. The van der Waals surface area contributed by atoms with Crippen LogP contribution in [-0.2, 0) is 12.8 Å². The van der Waals surface area contributed by atoms with Crippen molar-refractivity contribution in [1.29, 1.82) is 0 Å². The highest BCUT2D eigenvalue weighted by Gasteiger charge is 2.13. The van der Waals surface area contributed by atoms with Gasteiger partial charge >= 0.3 is 0 Å². The largest absolute Gasteiger partial charge is 0.242 e. The Labute approximate surface area is 104 Å². The van der Waals surface area contributed by atoms with Crippen LogP contribution < -0.4 is 0 Å². The number of aryl methyl sites for hydroxylation is 1. The van der Waals surface area contributed by atoms with Gasteiger partial charge in [0.2, 0.25) is 0 Å². The first-order valence-electron chi connectivity index (χ1n) is 5.59. The van der Waals surface area contributed by atoms with E-state index in [2.05, 4.69) is 25.8 Å². The maximum atomic E-state index is 4.69. The molecule has 0 spiro atoms. The molecule has 0 aliphatic rings. The molecule has 0 fully saturated rings. The lowest BCUT2D eigenvalue weighted by molar-refractivity contribution is 0.649. The smallest absolute Gasteiger partial charge is 0.152 e. The number of hydrogen-bond acceptors (Lipinski definition) is 4. The van der Waals surface area contributed by atoms with E-state index in [0.717, 1.165) is 22.9 Å². The summed E-state index contributed by atoms with van der Waals surface area (Å²) in [4.78, 5) is 10.4. The van der Waals surface area contributed by atoms with Crippen molar-refractivity contribution in [3.05, 3.63) is 22.1 Å². The van der Waals surface area contributed by atoms with Crippen molar-refractivity contribution in [2.75, 3.05) is 0 Å². The topological polar surface area (TPSA) is 25.8 Å². The summed E-state index contributed by atoms with van der Waals surface area (Å²) < 4.78 is 0. The highest BCUT2D eigenvalue weighted by molar-refractivity contribution is 7.20. The minimum atomic E-state index is 0.690. The molecule has 0 aliphatic heterocycles. The van der Waals surface area contributed by atoms with E-state index in [9.17, 15) is 0 Å². The highest BCUT2D eigenvalue weighted by atomic mass is 32.1. The lowest BCUT2D eigenvalue weighted by Crippen LogP contribution is -1.95. The molecule has 86 valence electrons. The lowest BCUT2D eigenvalue weighted by atomic mass is 10.1. The SMILES string of the molecule is CCc1nc(-c2nccs2)sc1CC(C)C. The monoisotopic (exact) mass is 252 g/mol. The van der Waals surface area contributed by atoms with Gasteiger partial charge in [0.15, 0.2) is 10.0 Å². The number of nitrogens with zero attached hydrogens (tertiary/aromatic N) is 2. The molecule has 2 nitrogen and oxygen atoms in total. The van der Waals surface area contributed by atoms with E-state index in [1.165, 1.54) is 10.6 Å².